The first kappa shape index (κ1) is 20.9. The monoisotopic (exact) mass is 437 g/mol. The second-order valence-corrected chi connectivity index (χ2v) is 7.71. The highest BCUT2D eigenvalue weighted by Crippen LogP contribution is 2.28. The summed E-state index contributed by atoms with van der Waals surface area (Å²) >= 11 is 6.12. The average Bonchev–Trinajstić information content (AvgIpc) is 3.26. The molecule has 8 heteroatoms. The molecule has 0 unspecified atom stereocenters. The van der Waals surface area contributed by atoms with E-state index in [0.29, 0.717) is 28.3 Å². The van der Waals surface area contributed by atoms with Gasteiger partial charge in [-0.1, -0.05) is 35.6 Å². The van der Waals surface area contributed by atoms with Crippen molar-refractivity contribution in [3.05, 3.63) is 59.0 Å². The van der Waals surface area contributed by atoms with E-state index in [0.717, 1.165) is 5.56 Å². The Balaban J connectivity index is 1.76. The van der Waals surface area contributed by atoms with Gasteiger partial charge in [-0.25, -0.2) is 9.78 Å². The number of fused-ring (bicyclic) bond motifs is 1. The predicted octanol–water partition coefficient (Wildman–Crippen LogP) is 2.78. The number of hydrogen-bond donors (Lipinski definition) is 1. The lowest BCUT2D eigenvalue weighted by molar-refractivity contribution is -0.137. The minimum absolute atomic E-state index is 0.125. The molecule has 1 saturated heterocycles. The summed E-state index contributed by atoms with van der Waals surface area (Å²) in [5, 5.41) is 11.0. The van der Waals surface area contributed by atoms with Gasteiger partial charge in [0.1, 0.15) is 0 Å². The molecule has 1 N–H and O–H groups in total. The largest absolute Gasteiger partial charge is 0.460 e. The van der Waals surface area contributed by atoms with Gasteiger partial charge >= 0.3 is 5.97 Å². The number of aliphatic hydroxyl groups is 1. The lowest BCUT2D eigenvalue weighted by atomic mass is 10.0. The quantitative estimate of drug-likeness (QED) is 0.503. The molecule has 0 bridgehead atoms. The second-order valence-electron chi connectivity index (χ2n) is 7.27. The summed E-state index contributed by atoms with van der Waals surface area (Å²) < 4.78 is 6.72. The molecule has 1 amide bonds. The number of hydrogen-bond acceptors (Lipinski definition) is 5. The number of esters is 1. The van der Waals surface area contributed by atoms with Gasteiger partial charge in [-0.2, -0.15) is 0 Å². The molecule has 0 spiro atoms. The Hall–Kier alpha value is -3.34. The molecule has 31 heavy (non-hydrogen) atoms. The van der Waals surface area contributed by atoms with Crippen LogP contribution in [0.2, 0.25) is 5.02 Å². The fraction of sp³-hybridized carbons (Fsp3) is 0.261. The third-order valence-corrected chi connectivity index (χ3v) is 5.34. The van der Waals surface area contributed by atoms with Crippen LogP contribution in [0.25, 0.3) is 16.8 Å². The molecule has 1 aliphatic heterocycles. The zero-order valence-corrected chi connectivity index (χ0v) is 17.8. The standard InChI is InChI=1S/C23H20ClN3O4/c1-3-31-21(28)20-25-19(18-8-7-17(24)14-27(18)20)16-6-4-5-15(13-16)9-10-23(30)11-12-26(2)22(23)29/h4-8,13-14,30H,3,11-12H2,1-2H3/t23-/m0/s1. The Morgan fingerprint density at radius 2 is 2.16 bits per heavy atom. The van der Waals surface area contributed by atoms with Crippen molar-refractivity contribution in [3.8, 4) is 23.1 Å². The predicted molar refractivity (Wildman–Crippen MR) is 116 cm³/mol. The number of carbonyl (C=O) groups is 2. The number of rotatable bonds is 3. The van der Waals surface area contributed by atoms with Crippen molar-refractivity contribution in [1.29, 1.82) is 0 Å². The Kier molecular flexibility index (Phi) is 5.44. The van der Waals surface area contributed by atoms with Crippen LogP contribution in [0.1, 0.15) is 29.5 Å². The first-order valence-electron chi connectivity index (χ1n) is 9.78. The number of likely N-dealkylation sites (N-methyl/N-ethyl adjacent to an activating group) is 1. The molecule has 158 valence electrons. The van der Waals surface area contributed by atoms with E-state index in [4.69, 9.17) is 16.3 Å². The molecule has 2 aromatic heterocycles. The first-order chi connectivity index (χ1) is 14.8. The summed E-state index contributed by atoms with van der Waals surface area (Å²) in [7, 11) is 1.64. The third-order valence-electron chi connectivity index (χ3n) is 5.12. The molecule has 3 aromatic rings. The van der Waals surface area contributed by atoms with E-state index >= 15 is 0 Å². The van der Waals surface area contributed by atoms with Crippen LogP contribution in [0.4, 0.5) is 0 Å². The summed E-state index contributed by atoms with van der Waals surface area (Å²) in [5.74, 6) is 4.80. The van der Waals surface area contributed by atoms with E-state index in [1.54, 1.807) is 54.9 Å². The number of amides is 1. The van der Waals surface area contributed by atoms with Crippen molar-refractivity contribution in [2.24, 2.45) is 0 Å². The van der Waals surface area contributed by atoms with Gasteiger partial charge in [0.15, 0.2) is 0 Å². The molecule has 1 aromatic carbocycles. The maximum Gasteiger partial charge on any atom is 0.374 e. The summed E-state index contributed by atoms with van der Waals surface area (Å²) in [6, 6.07) is 10.7. The number of halogens is 1. The van der Waals surface area contributed by atoms with E-state index in [1.807, 2.05) is 6.07 Å². The van der Waals surface area contributed by atoms with Gasteiger partial charge in [-0.3, -0.25) is 9.20 Å². The van der Waals surface area contributed by atoms with E-state index in [1.165, 1.54) is 4.90 Å². The number of nitrogens with zero attached hydrogens (tertiary/aromatic N) is 3. The topological polar surface area (TPSA) is 84.1 Å². The Bertz CT molecular complexity index is 1260. The van der Waals surface area contributed by atoms with E-state index in [2.05, 4.69) is 16.8 Å². The van der Waals surface area contributed by atoms with Gasteiger partial charge < -0.3 is 14.7 Å². The Morgan fingerprint density at radius 1 is 1.35 bits per heavy atom. The van der Waals surface area contributed by atoms with Crippen molar-refractivity contribution >= 4 is 29.0 Å². The van der Waals surface area contributed by atoms with Gasteiger partial charge in [0.2, 0.25) is 11.4 Å². The molecular formula is C23H20ClN3O4. The van der Waals surface area contributed by atoms with Crippen LogP contribution in [0.15, 0.2) is 42.6 Å². The minimum atomic E-state index is -1.67. The smallest absolute Gasteiger partial charge is 0.374 e. The van der Waals surface area contributed by atoms with Crippen molar-refractivity contribution in [1.82, 2.24) is 14.3 Å². The van der Waals surface area contributed by atoms with Crippen LogP contribution in [-0.4, -0.2) is 57.1 Å². The van der Waals surface area contributed by atoms with Crippen molar-refractivity contribution in [2.75, 3.05) is 20.2 Å². The van der Waals surface area contributed by atoms with Gasteiger partial charge in [-0.05, 0) is 31.2 Å². The Morgan fingerprint density at radius 3 is 2.87 bits per heavy atom. The van der Waals surface area contributed by atoms with Gasteiger partial charge in [0.05, 0.1) is 22.8 Å². The third kappa shape index (κ3) is 3.88. The van der Waals surface area contributed by atoms with Gasteiger partial charge in [0.25, 0.3) is 5.91 Å². The zero-order chi connectivity index (χ0) is 22.2. The average molecular weight is 438 g/mol. The second kappa shape index (κ2) is 8.06. The fourth-order valence-electron chi connectivity index (χ4n) is 3.50. The molecule has 0 saturated carbocycles. The van der Waals surface area contributed by atoms with Crippen LogP contribution < -0.4 is 0 Å². The normalized spacial score (nSPS) is 18.2. The van der Waals surface area contributed by atoms with Crippen LogP contribution in [0.3, 0.4) is 0 Å². The van der Waals surface area contributed by atoms with Crippen LogP contribution in [-0.2, 0) is 9.53 Å². The summed E-state index contributed by atoms with van der Waals surface area (Å²) in [6.07, 6.45) is 1.88. The molecule has 1 atom stereocenters. The summed E-state index contributed by atoms with van der Waals surface area (Å²) in [6.45, 7) is 2.42. The van der Waals surface area contributed by atoms with E-state index < -0.39 is 17.5 Å². The van der Waals surface area contributed by atoms with Gasteiger partial charge in [-0.15, -0.1) is 0 Å². The van der Waals surface area contributed by atoms with Crippen molar-refractivity contribution < 1.29 is 19.4 Å². The van der Waals surface area contributed by atoms with Crippen LogP contribution in [0.5, 0.6) is 0 Å². The summed E-state index contributed by atoms with van der Waals surface area (Å²) in [4.78, 5) is 30.5. The molecule has 0 radical (unpaired) electrons. The van der Waals surface area contributed by atoms with Crippen LogP contribution in [0, 0.1) is 11.8 Å². The number of ether oxygens (including phenoxy) is 1. The molecule has 1 aliphatic rings. The maximum atomic E-state index is 12.4. The van der Waals surface area contributed by atoms with Crippen molar-refractivity contribution in [3.63, 3.8) is 0 Å². The number of carbonyl (C=O) groups excluding carboxylic acids is 2. The van der Waals surface area contributed by atoms with Crippen LogP contribution >= 0.6 is 11.6 Å². The van der Waals surface area contributed by atoms with Gasteiger partial charge in [0, 0.05) is 37.3 Å². The number of likely N-dealkylation sites (tertiary alicyclic amines) is 1. The fourth-order valence-corrected chi connectivity index (χ4v) is 3.66. The van der Waals surface area contributed by atoms with Crippen molar-refractivity contribution in [2.45, 2.75) is 18.9 Å². The maximum absolute atomic E-state index is 12.4. The SMILES string of the molecule is CCOC(=O)c1nc(-c2cccc(C#C[C@]3(O)CCN(C)C3=O)c2)c2ccc(Cl)cn12. The molecule has 3 heterocycles. The molecule has 4 rings (SSSR count). The number of pyridine rings is 1. The highest BCUT2D eigenvalue weighted by molar-refractivity contribution is 6.30. The number of aromatic nitrogens is 2. The molecule has 0 aliphatic carbocycles. The highest BCUT2D eigenvalue weighted by Gasteiger charge is 2.42. The lowest BCUT2D eigenvalue weighted by Crippen LogP contribution is -2.37. The summed E-state index contributed by atoms with van der Waals surface area (Å²) in [5.41, 5.74) is 0.923. The minimum Gasteiger partial charge on any atom is -0.460 e. The van der Waals surface area contributed by atoms with E-state index in [9.17, 15) is 14.7 Å². The molecule has 1 fully saturated rings. The Labute approximate surface area is 184 Å². The number of benzene rings is 1. The highest BCUT2D eigenvalue weighted by atomic mass is 35.5. The number of imidazole rings is 1. The van der Waals surface area contributed by atoms with E-state index in [-0.39, 0.29) is 18.9 Å². The molecular weight excluding hydrogens is 418 g/mol. The first-order valence-corrected chi connectivity index (χ1v) is 10.2. The lowest BCUT2D eigenvalue weighted by Gasteiger charge is -2.13. The zero-order valence-electron chi connectivity index (χ0n) is 17.1. The molecule has 7 nitrogen and oxygen atoms in total.